The molecule has 0 aromatic heterocycles. The number of rotatable bonds is 1. The second-order valence-corrected chi connectivity index (χ2v) is 4.29. The Morgan fingerprint density at radius 2 is 1.67 bits per heavy atom. The van der Waals surface area contributed by atoms with Gasteiger partial charge in [-0.25, -0.2) is 0 Å². The lowest BCUT2D eigenvalue weighted by Gasteiger charge is -2.40. The highest BCUT2D eigenvalue weighted by Crippen LogP contribution is 2.42. The maximum atomic E-state index is 12.5. The number of halogens is 3. The van der Waals surface area contributed by atoms with Crippen molar-refractivity contribution in [3.63, 3.8) is 0 Å². The molecule has 0 spiro atoms. The third kappa shape index (κ3) is 2.43. The summed E-state index contributed by atoms with van der Waals surface area (Å²) in [6.07, 6.45) is -6.83. The van der Waals surface area contributed by atoms with Gasteiger partial charge in [0.15, 0.2) is 5.60 Å². The SMILES string of the molecule is CC(O)(C1CCC(O)CC1O)C(F)(F)F. The first-order valence-corrected chi connectivity index (χ1v) is 4.81. The van der Waals surface area contributed by atoms with E-state index < -0.39 is 29.9 Å². The molecule has 1 saturated carbocycles. The predicted molar refractivity (Wildman–Crippen MR) is 46.0 cm³/mol. The van der Waals surface area contributed by atoms with E-state index in [1.54, 1.807) is 0 Å². The third-order valence-corrected chi connectivity index (χ3v) is 3.08. The summed E-state index contributed by atoms with van der Waals surface area (Å²) >= 11 is 0. The van der Waals surface area contributed by atoms with Crippen molar-refractivity contribution in [1.82, 2.24) is 0 Å². The highest BCUT2D eigenvalue weighted by molar-refractivity contribution is 4.95. The van der Waals surface area contributed by atoms with Crippen LogP contribution in [0.15, 0.2) is 0 Å². The quantitative estimate of drug-likeness (QED) is 0.622. The van der Waals surface area contributed by atoms with Crippen molar-refractivity contribution in [2.75, 3.05) is 0 Å². The molecule has 0 aromatic rings. The Bertz CT molecular complexity index is 227. The molecule has 6 heteroatoms. The van der Waals surface area contributed by atoms with Crippen molar-refractivity contribution < 1.29 is 28.5 Å². The van der Waals surface area contributed by atoms with Gasteiger partial charge < -0.3 is 15.3 Å². The molecule has 4 atom stereocenters. The van der Waals surface area contributed by atoms with Crippen molar-refractivity contribution >= 4 is 0 Å². The average Bonchev–Trinajstić information content (AvgIpc) is 2.00. The Labute approximate surface area is 85.5 Å². The van der Waals surface area contributed by atoms with Gasteiger partial charge >= 0.3 is 6.18 Å². The summed E-state index contributed by atoms with van der Waals surface area (Å²) in [6, 6.07) is 0. The van der Waals surface area contributed by atoms with Crippen LogP contribution in [-0.4, -0.2) is 39.3 Å². The van der Waals surface area contributed by atoms with Crippen LogP contribution in [0.2, 0.25) is 0 Å². The van der Waals surface area contributed by atoms with Crippen molar-refractivity contribution in [3.05, 3.63) is 0 Å². The molecule has 3 N–H and O–H groups in total. The highest BCUT2D eigenvalue weighted by Gasteiger charge is 2.57. The fraction of sp³-hybridized carbons (Fsp3) is 1.00. The van der Waals surface area contributed by atoms with Gasteiger partial charge in [0.05, 0.1) is 12.2 Å². The smallest absolute Gasteiger partial charge is 0.393 e. The molecule has 0 saturated heterocycles. The van der Waals surface area contributed by atoms with Crippen LogP contribution < -0.4 is 0 Å². The average molecular weight is 228 g/mol. The zero-order valence-corrected chi connectivity index (χ0v) is 8.33. The van der Waals surface area contributed by atoms with Gasteiger partial charge in [0, 0.05) is 5.92 Å². The number of aliphatic hydroxyl groups is 3. The standard InChI is InChI=1S/C9H15F3O3/c1-8(15,9(10,11)12)6-3-2-5(13)4-7(6)14/h5-7,13-15H,2-4H2,1H3. The van der Waals surface area contributed by atoms with Crippen LogP contribution in [0.1, 0.15) is 26.2 Å². The van der Waals surface area contributed by atoms with Gasteiger partial charge in [-0.2, -0.15) is 13.2 Å². The maximum absolute atomic E-state index is 12.5. The summed E-state index contributed by atoms with van der Waals surface area (Å²) < 4.78 is 37.4. The van der Waals surface area contributed by atoms with Crippen LogP contribution in [0.5, 0.6) is 0 Å². The first-order valence-electron chi connectivity index (χ1n) is 4.81. The second-order valence-electron chi connectivity index (χ2n) is 4.29. The summed E-state index contributed by atoms with van der Waals surface area (Å²) in [5.74, 6) is -1.26. The second kappa shape index (κ2) is 3.92. The molecule has 0 aromatic carbocycles. The van der Waals surface area contributed by atoms with Gasteiger partial charge in [0.25, 0.3) is 0 Å². The molecule has 1 rings (SSSR count). The molecule has 1 aliphatic rings. The van der Waals surface area contributed by atoms with Crippen molar-refractivity contribution in [3.8, 4) is 0 Å². The number of hydrogen-bond acceptors (Lipinski definition) is 3. The molecular weight excluding hydrogens is 213 g/mol. The molecule has 4 unspecified atom stereocenters. The molecule has 1 fully saturated rings. The zero-order valence-electron chi connectivity index (χ0n) is 8.33. The van der Waals surface area contributed by atoms with Gasteiger partial charge in [0.1, 0.15) is 0 Å². The Kier molecular flexibility index (Phi) is 3.33. The van der Waals surface area contributed by atoms with Crippen molar-refractivity contribution in [1.29, 1.82) is 0 Å². The molecule has 3 nitrogen and oxygen atoms in total. The minimum absolute atomic E-state index is 0.0329. The normalized spacial score (nSPS) is 37.4. The lowest BCUT2D eigenvalue weighted by molar-refractivity contribution is -0.286. The largest absolute Gasteiger partial charge is 0.417 e. The van der Waals surface area contributed by atoms with E-state index in [0.717, 1.165) is 0 Å². The summed E-state index contributed by atoms with van der Waals surface area (Å²) in [4.78, 5) is 0. The number of alkyl halides is 3. The monoisotopic (exact) mass is 228 g/mol. The summed E-state index contributed by atoms with van der Waals surface area (Å²) in [7, 11) is 0. The highest BCUT2D eigenvalue weighted by atomic mass is 19.4. The Morgan fingerprint density at radius 3 is 2.07 bits per heavy atom. The minimum Gasteiger partial charge on any atom is -0.393 e. The Hall–Kier alpha value is -0.330. The molecule has 0 heterocycles. The fourth-order valence-corrected chi connectivity index (χ4v) is 1.99. The van der Waals surface area contributed by atoms with E-state index >= 15 is 0 Å². The van der Waals surface area contributed by atoms with Gasteiger partial charge in [-0.3, -0.25) is 0 Å². The molecular formula is C9H15F3O3. The zero-order chi connectivity index (χ0) is 11.9. The molecule has 15 heavy (non-hydrogen) atoms. The molecule has 0 amide bonds. The van der Waals surface area contributed by atoms with E-state index in [2.05, 4.69) is 0 Å². The first kappa shape index (κ1) is 12.7. The topological polar surface area (TPSA) is 60.7 Å². The van der Waals surface area contributed by atoms with Crippen LogP contribution in [0, 0.1) is 5.92 Å². The summed E-state index contributed by atoms with van der Waals surface area (Å²) in [5.41, 5.74) is -2.90. The van der Waals surface area contributed by atoms with Crippen molar-refractivity contribution in [2.24, 2.45) is 5.92 Å². The number of hydrogen-bond donors (Lipinski definition) is 3. The van der Waals surface area contributed by atoms with E-state index in [1.807, 2.05) is 0 Å². The van der Waals surface area contributed by atoms with Crippen LogP contribution in [0.25, 0.3) is 0 Å². The van der Waals surface area contributed by atoms with Crippen LogP contribution >= 0.6 is 0 Å². The van der Waals surface area contributed by atoms with Crippen molar-refractivity contribution in [2.45, 2.75) is 50.2 Å². The Morgan fingerprint density at radius 1 is 1.13 bits per heavy atom. The van der Waals surface area contributed by atoms with Crippen LogP contribution in [-0.2, 0) is 0 Å². The van der Waals surface area contributed by atoms with E-state index in [0.29, 0.717) is 6.92 Å². The fourth-order valence-electron chi connectivity index (χ4n) is 1.99. The van der Waals surface area contributed by atoms with Gasteiger partial charge in [0.2, 0.25) is 0 Å². The van der Waals surface area contributed by atoms with Gasteiger partial charge in [-0.15, -0.1) is 0 Å². The van der Waals surface area contributed by atoms with Crippen LogP contribution in [0.4, 0.5) is 13.2 Å². The lowest BCUT2D eigenvalue weighted by atomic mass is 9.74. The molecule has 0 aliphatic heterocycles. The van der Waals surface area contributed by atoms with E-state index in [-0.39, 0.29) is 19.3 Å². The predicted octanol–water partition coefficient (Wildman–Crippen LogP) is 0.822. The van der Waals surface area contributed by atoms with Gasteiger partial charge in [-0.1, -0.05) is 0 Å². The Balaban J connectivity index is 2.79. The molecule has 90 valence electrons. The van der Waals surface area contributed by atoms with E-state index in [4.69, 9.17) is 5.11 Å². The molecule has 0 radical (unpaired) electrons. The number of aliphatic hydroxyl groups excluding tert-OH is 2. The summed E-state index contributed by atoms with van der Waals surface area (Å²) in [5, 5.41) is 27.9. The third-order valence-electron chi connectivity index (χ3n) is 3.08. The summed E-state index contributed by atoms with van der Waals surface area (Å²) in [6.45, 7) is 0.665. The first-order chi connectivity index (χ1) is 6.66. The minimum atomic E-state index is -4.76. The molecule has 1 aliphatic carbocycles. The lowest BCUT2D eigenvalue weighted by Crippen LogP contribution is -2.54. The van der Waals surface area contributed by atoms with Gasteiger partial charge in [-0.05, 0) is 26.2 Å². The maximum Gasteiger partial charge on any atom is 0.417 e. The van der Waals surface area contributed by atoms with E-state index in [1.165, 1.54) is 0 Å². The van der Waals surface area contributed by atoms with Crippen LogP contribution in [0.3, 0.4) is 0 Å². The van der Waals surface area contributed by atoms with E-state index in [9.17, 15) is 23.4 Å². The molecule has 0 bridgehead atoms.